The number of carbonyl (C=O) groups is 1. The maximum Gasteiger partial charge on any atom is 0.242 e. The van der Waals surface area contributed by atoms with Crippen LogP contribution in [0.25, 0.3) is 0 Å². The van der Waals surface area contributed by atoms with Crippen molar-refractivity contribution in [3.63, 3.8) is 0 Å². The summed E-state index contributed by atoms with van der Waals surface area (Å²) in [5.41, 5.74) is 2.05. The van der Waals surface area contributed by atoms with E-state index in [1.54, 1.807) is 25.5 Å². The van der Waals surface area contributed by atoms with E-state index in [1.807, 2.05) is 30.0 Å². The Morgan fingerprint density at radius 3 is 2.93 bits per heavy atom. The fourth-order valence-electron chi connectivity index (χ4n) is 3.07. The van der Waals surface area contributed by atoms with Gasteiger partial charge in [0.2, 0.25) is 5.91 Å². The number of methoxy groups -OCH3 is 1. The van der Waals surface area contributed by atoms with Crippen molar-refractivity contribution < 1.29 is 14.3 Å². The topological polar surface area (TPSA) is 75.2 Å². The van der Waals surface area contributed by atoms with E-state index in [4.69, 9.17) is 9.47 Å². The molecule has 0 aliphatic carbocycles. The molecule has 0 fully saturated rings. The van der Waals surface area contributed by atoms with E-state index in [2.05, 4.69) is 27.1 Å². The predicted octanol–water partition coefficient (Wildman–Crippen LogP) is 2.73. The van der Waals surface area contributed by atoms with E-state index in [9.17, 15) is 4.79 Å². The molecule has 1 aromatic carbocycles. The molecule has 0 bridgehead atoms. The number of nitrogens with one attached hydrogen (secondary N) is 2. The fraction of sp³-hybridized carbons (Fsp3) is 0.400. The molecule has 0 saturated carbocycles. The van der Waals surface area contributed by atoms with Crippen LogP contribution in [0.3, 0.4) is 0 Å². The highest BCUT2D eigenvalue weighted by molar-refractivity contribution is 7.10. The lowest BCUT2D eigenvalue weighted by Gasteiger charge is -2.27. The Labute approximate surface area is 169 Å². The minimum atomic E-state index is 0.0593. The molecule has 0 atom stereocenters. The van der Waals surface area contributed by atoms with Crippen LogP contribution in [-0.2, 0) is 17.8 Å². The number of fused-ring (bicyclic) bond motifs is 1. The average molecular weight is 403 g/mol. The van der Waals surface area contributed by atoms with Crippen LogP contribution in [0.4, 0.5) is 5.69 Å². The van der Waals surface area contributed by atoms with Gasteiger partial charge in [-0.15, -0.1) is 11.3 Å². The fourth-order valence-corrected chi connectivity index (χ4v) is 3.96. The van der Waals surface area contributed by atoms with Gasteiger partial charge in [-0.1, -0.05) is 0 Å². The van der Waals surface area contributed by atoms with Crippen molar-refractivity contribution in [2.24, 2.45) is 4.99 Å². The predicted molar refractivity (Wildman–Crippen MR) is 113 cm³/mol. The molecule has 1 aromatic heterocycles. The number of hydrogen-bond acceptors (Lipinski definition) is 5. The highest BCUT2D eigenvalue weighted by atomic mass is 32.1. The van der Waals surface area contributed by atoms with Crippen molar-refractivity contribution in [3.05, 3.63) is 40.1 Å². The zero-order valence-corrected chi connectivity index (χ0v) is 17.3. The summed E-state index contributed by atoms with van der Waals surface area (Å²) in [5.74, 6) is 1.90. The Balaban J connectivity index is 1.55. The number of anilines is 1. The van der Waals surface area contributed by atoms with Gasteiger partial charge in [0, 0.05) is 36.8 Å². The molecule has 7 nitrogen and oxygen atoms in total. The molecule has 0 unspecified atom stereocenters. The summed E-state index contributed by atoms with van der Waals surface area (Å²) in [6, 6.07) is 7.66. The van der Waals surface area contributed by atoms with Gasteiger partial charge in [-0.3, -0.25) is 9.79 Å². The minimum Gasteiger partial charge on any atom is -0.493 e. The highest BCUT2D eigenvalue weighted by Gasteiger charge is 2.21. The lowest BCUT2D eigenvalue weighted by molar-refractivity contribution is -0.130. The van der Waals surface area contributed by atoms with Gasteiger partial charge in [-0.05, 0) is 42.5 Å². The van der Waals surface area contributed by atoms with Crippen LogP contribution in [0.5, 0.6) is 11.5 Å². The molecule has 1 amide bonds. The van der Waals surface area contributed by atoms with Crippen molar-refractivity contribution in [3.8, 4) is 11.5 Å². The van der Waals surface area contributed by atoms with Gasteiger partial charge in [-0.25, -0.2) is 0 Å². The Bertz CT molecular complexity index is 850. The first-order valence-corrected chi connectivity index (χ1v) is 10.1. The Kier molecular flexibility index (Phi) is 6.76. The maximum absolute atomic E-state index is 12.6. The highest BCUT2D eigenvalue weighted by Crippen LogP contribution is 2.30. The molecule has 3 rings (SSSR count). The van der Waals surface area contributed by atoms with Crippen molar-refractivity contribution in [2.75, 3.05) is 39.2 Å². The summed E-state index contributed by atoms with van der Waals surface area (Å²) < 4.78 is 10.9. The first kappa shape index (κ1) is 20.0. The maximum atomic E-state index is 12.6. The van der Waals surface area contributed by atoms with E-state index < -0.39 is 0 Å². The average Bonchev–Trinajstić information content (AvgIpc) is 3.19. The third kappa shape index (κ3) is 4.75. The van der Waals surface area contributed by atoms with Crippen molar-refractivity contribution >= 4 is 28.9 Å². The van der Waals surface area contributed by atoms with Gasteiger partial charge in [0.1, 0.15) is 0 Å². The van der Waals surface area contributed by atoms with Gasteiger partial charge in [0.05, 0.1) is 20.3 Å². The summed E-state index contributed by atoms with van der Waals surface area (Å²) in [5, 5.41) is 8.36. The van der Waals surface area contributed by atoms with Crippen LogP contribution in [0.15, 0.2) is 34.6 Å². The second kappa shape index (κ2) is 9.45. The van der Waals surface area contributed by atoms with Gasteiger partial charge in [-0.2, -0.15) is 0 Å². The summed E-state index contributed by atoms with van der Waals surface area (Å²) in [6.07, 6.45) is 0.928. The van der Waals surface area contributed by atoms with Gasteiger partial charge in [0.25, 0.3) is 0 Å². The second-order valence-corrected chi connectivity index (χ2v) is 7.28. The van der Waals surface area contributed by atoms with E-state index >= 15 is 0 Å². The third-order valence-corrected chi connectivity index (χ3v) is 5.54. The lowest BCUT2D eigenvalue weighted by Crippen LogP contribution is -2.43. The van der Waals surface area contributed by atoms with Gasteiger partial charge in [0.15, 0.2) is 17.5 Å². The molecule has 0 spiro atoms. The van der Waals surface area contributed by atoms with Crippen LogP contribution in [0.1, 0.15) is 17.4 Å². The van der Waals surface area contributed by atoms with E-state index in [-0.39, 0.29) is 12.5 Å². The lowest BCUT2D eigenvalue weighted by atomic mass is 10.1. The molecule has 2 aromatic rings. The molecule has 1 aliphatic rings. The van der Waals surface area contributed by atoms with Crippen molar-refractivity contribution in [1.82, 2.24) is 10.2 Å². The van der Waals surface area contributed by atoms with Crippen LogP contribution < -0.4 is 20.1 Å². The number of aliphatic imine (C=N–C) groups is 1. The summed E-state index contributed by atoms with van der Waals surface area (Å²) >= 11 is 1.77. The molecule has 8 heteroatoms. The Morgan fingerprint density at radius 2 is 2.18 bits per heavy atom. The third-order valence-electron chi connectivity index (χ3n) is 4.52. The molecule has 28 heavy (non-hydrogen) atoms. The summed E-state index contributed by atoms with van der Waals surface area (Å²) in [6.45, 7) is 4.12. The molecule has 2 heterocycles. The molecule has 2 N–H and O–H groups in total. The number of thiophene rings is 1. The number of rotatable bonds is 6. The minimum absolute atomic E-state index is 0.0593. The molecular formula is C20H26N4O3S. The Morgan fingerprint density at radius 1 is 1.32 bits per heavy atom. The standard InChI is InChI=1S/C20H26N4O3S/c1-4-27-16-6-5-15(11-17(16)26-3)23-20(21-2)22-12-19(25)24-9-7-18-14(13-24)8-10-28-18/h5-6,8,10-11H,4,7,9,12-13H2,1-3H3,(H2,21,22,23). The Hall–Kier alpha value is -2.74. The smallest absolute Gasteiger partial charge is 0.242 e. The van der Waals surface area contributed by atoms with E-state index in [1.165, 1.54) is 10.4 Å². The van der Waals surface area contributed by atoms with Crippen LogP contribution in [0, 0.1) is 0 Å². The van der Waals surface area contributed by atoms with Crippen molar-refractivity contribution in [2.45, 2.75) is 19.9 Å². The zero-order chi connectivity index (χ0) is 19.9. The molecule has 0 radical (unpaired) electrons. The zero-order valence-electron chi connectivity index (χ0n) is 16.4. The van der Waals surface area contributed by atoms with E-state index in [0.29, 0.717) is 30.6 Å². The van der Waals surface area contributed by atoms with Gasteiger partial charge < -0.3 is 25.0 Å². The van der Waals surface area contributed by atoms with E-state index in [0.717, 1.165) is 18.7 Å². The summed E-state index contributed by atoms with van der Waals surface area (Å²) in [7, 11) is 3.27. The SMILES string of the molecule is CCOc1ccc(NC(=NC)NCC(=O)N2CCc3sccc3C2)cc1OC. The molecule has 0 saturated heterocycles. The first-order valence-electron chi connectivity index (χ1n) is 9.26. The molecule has 150 valence electrons. The number of guanidine groups is 1. The van der Waals surface area contributed by atoms with Gasteiger partial charge >= 0.3 is 0 Å². The number of carbonyl (C=O) groups excluding carboxylic acids is 1. The number of nitrogens with zero attached hydrogens (tertiary/aromatic N) is 2. The van der Waals surface area contributed by atoms with Crippen molar-refractivity contribution in [1.29, 1.82) is 0 Å². The molecular weight excluding hydrogens is 376 g/mol. The summed E-state index contributed by atoms with van der Waals surface area (Å²) in [4.78, 5) is 20.0. The monoisotopic (exact) mass is 402 g/mol. The number of amides is 1. The van der Waals surface area contributed by atoms with Crippen LogP contribution >= 0.6 is 11.3 Å². The first-order chi connectivity index (χ1) is 13.6. The van der Waals surface area contributed by atoms with Crippen LogP contribution in [0.2, 0.25) is 0 Å². The number of hydrogen-bond donors (Lipinski definition) is 2. The normalized spacial score (nSPS) is 13.7. The second-order valence-electron chi connectivity index (χ2n) is 6.28. The molecule has 1 aliphatic heterocycles. The quantitative estimate of drug-likeness (QED) is 0.574. The number of benzene rings is 1. The number of ether oxygens (including phenoxy) is 2. The van der Waals surface area contributed by atoms with Crippen LogP contribution in [-0.4, -0.2) is 50.6 Å². The largest absolute Gasteiger partial charge is 0.493 e.